The summed E-state index contributed by atoms with van der Waals surface area (Å²) in [6.45, 7) is 8.83. The van der Waals surface area contributed by atoms with Crippen LogP contribution >= 0.6 is 11.3 Å². The van der Waals surface area contributed by atoms with Crippen LogP contribution in [-0.2, 0) is 10.0 Å². The summed E-state index contributed by atoms with van der Waals surface area (Å²) in [6, 6.07) is 0. The van der Waals surface area contributed by atoms with Crippen molar-refractivity contribution in [3.63, 3.8) is 0 Å². The molecule has 1 rings (SSSR count). The Labute approximate surface area is 118 Å². The fourth-order valence-corrected chi connectivity index (χ4v) is 3.86. The molecule has 1 heterocycles. The van der Waals surface area contributed by atoms with Crippen LogP contribution in [-0.4, -0.2) is 32.3 Å². The van der Waals surface area contributed by atoms with Crippen molar-refractivity contribution in [2.75, 3.05) is 13.1 Å². The standard InChI is InChI=1S/C12H20N2O3S2/c1-5-14(6-8(2)3)11(15)10-7-18-12(9(10)4)19(13,16)17/h7-8H,5-6H2,1-4H3,(H2,13,16,17). The molecular weight excluding hydrogens is 284 g/mol. The molecule has 1 aromatic rings. The van der Waals surface area contributed by atoms with E-state index in [9.17, 15) is 13.2 Å². The summed E-state index contributed by atoms with van der Waals surface area (Å²) >= 11 is 0.998. The van der Waals surface area contributed by atoms with Crippen LogP contribution in [0.1, 0.15) is 36.7 Å². The topological polar surface area (TPSA) is 80.5 Å². The third-order valence-corrected chi connectivity index (χ3v) is 5.42. The molecule has 0 radical (unpaired) electrons. The number of nitrogens with two attached hydrogens (primary N) is 1. The van der Waals surface area contributed by atoms with Crippen molar-refractivity contribution in [2.24, 2.45) is 11.1 Å². The first kappa shape index (κ1) is 16.1. The van der Waals surface area contributed by atoms with Gasteiger partial charge in [0.25, 0.3) is 5.91 Å². The average molecular weight is 304 g/mol. The van der Waals surface area contributed by atoms with Gasteiger partial charge in [-0.1, -0.05) is 13.8 Å². The molecule has 108 valence electrons. The van der Waals surface area contributed by atoms with E-state index in [1.807, 2.05) is 20.8 Å². The second kappa shape index (κ2) is 6.02. The van der Waals surface area contributed by atoms with Gasteiger partial charge in [-0.2, -0.15) is 0 Å². The van der Waals surface area contributed by atoms with Gasteiger partial charge in [-0.25, -0.2) is 13.6 Å². The summed E-state index contributed by atoms with van der Waals surface area (Å²) in [5, 5.41) is 6.69. The summed E-state index contributed by atoms with van der Waals surface area (Å²) < 4.78 is 22.8. The van der Waals surface area contributed by atoms with E-state index in [-0.39, 0.29) is 10.1 Å². The lowest BCUT2D eigenvalue weighted by molar-refractivity contribution is 0.0745. The first-order chi connectivity index (χ1) is 8.68. The third-order valence-electron chi connectivity index (χ3n) is 2.74. The Kier molecular flexibility index (Phi) is 5.11. The summed E-state index contributed by atoms with van der Waals surface area (Å²) in [7, 11) is -3.75. The van der Waals surface area contributed by atoms with E-state index in [1.165, 1.54) is 0 Å². The predicted molar refractivity (Wildman–Crippen MR) is 76.8 cm³/mol. The molecular formula is C12H20N2O3S2. The van der Waals surface area contributed by atoms with E-state index in [4.69, 9.17) is 5.14 Å². The Balaban J connectivity index is 3.10. The van der Waals surface area contributed by atoms with Crippen LogP contribution in [0.5, 0.6) is 0 Å². The second-order valence-electron chi connectivity index (χ2n) is 4.84. The molecule has 1 amide bonds. The number of thiophene rings is 1. The molecule has 0 aliphatic carbocycles. The highest BCUT2D eigenvalue weighted by Gasteiger charge is 2.23. The van der Waals surface area contributed by atoms with E-state index < -0.39 is 10.0 Å². The highest BCUT2D eigenvalue weighted by Crippen LogP contribution is 2.26. The molecule has 2 N–H and O–H groups in total. The Morgan fingerprint density at radius 1 is 1.47 bits per heavy atom. The summed E-state index contributed by atoms with van der Waals surface area (Å²) in [5.74, 6) is 0.223. The van der Waals surface area contributed by atoms with Crippen molar-refractivity contribution in [3.8, 4) is 0 Å². The number of sulfonamides is 1. The Morgan fingerprint density at radius 2 is 2.05 bits per heavy atom. The molecule has 0 aliphatic rings. The molecule has 0 aliphatic heterocycles. The monoisotopic (exact) mass is 304 g/mol. The van der Waals surface area contributed by atoms with Crippen molar-refractivity contribution in [2.45, 2.75) is 31.9 Å². The van der Waals surface area contributed by atoms with Gasteiger partial charge in [0, 0.05) is 18.5 Å². The van der Waals surface area contributed by atoms with Gasteiger partial charge in [0.2, 0.25) is 10.0 Å². The smallest absolute Gasteiger partial charge is 0.255 e. The molecule has 5 nitrogen and oxygen atoms in total. The first-order valence-corrected chi connectivity index (χ1v) is 8.51. The summed E-state index contributed by atoms with van der Waals surface area (Å²) in [6.07, 6.45) is 0. The number of hydrogen-bond acceptors (Lipinski definition) is 4. The molecule has 0 saturated heterocycles. The number of rotatable bonds is 5. The number of hydrogen-bond donors (Lipinski definition) is 1. The fourth-order valence-electron chi connectivity index (χ4n) is 1.86. The maximum atomic E-state index is 12.4. The number of primary sulfonamides is 1. The van der Waals surface area contributed by atoms with Gasteiger partial charge in [0.15, 0.2) is 0 Å². The predicted octanol–water partition coefficient (Wildman–Crippen LogP) is 1.82. The molecule has 0 unspecified atom stereocenters. The Bertz CT molecular complexity index is 562. The van der Waals surface area contributed by atoms with E-state index in [1.54, 1.807) is 17.2 Å². The minimum absolute atomic E-state index is 0.0662. The zero-order valence-corrected chi connectivity index (χ0v) is 13.3. The molecule has 0 bridgehead atoms. The van der Waals surface area contributed by atoms with Crippen LogP contribution in [0.15, 0.2) is 9.59 Å². The summed E-state index contributed by atoms with van der Waals surface area (Å²) in [5.41, 5.74) is 0.872. The minimum atomic E-state index is -3.75. The fraction of sp³-hybridized carbons (Fsp3) is 0.583. The zero-order valence-electron chi connectivity index (χ0n) is 11.6. The van der Waals surface area contributed by atoms with Crippen LogP contribution in [0.3, 0.4) is 0 Å². The minimum Gasteiger partial charge on any atom is -0.339 e. The molecule has 1 aromatic heterocycles. The normalized spacial score (nSPS) is 11.9. The van der Waals surface area contributed by atoms with Crippen LogP contribution in [0.25, 0.3) is 0 Å². The van der Waals surface area contributed by atoms with Gasteiger partial charge in [-0.05, 0) is 25.3 Å². The largest absolute Gasteiger partial charge is 0.339 e. The van der Waals surface area contributed by atoms with Crippen LogP contribution in [0, 0.1) is 12.8 Å². The molecule has 7 heteroatoms. The van der Waals surface area contributed by atoms with Gasteiger partial charge in [-0.15, -0.1) is 11.3 Å². The SMILES string of the molecule is CCN(CC(C)C)C(=O)c1csc(S(N)(=O)=O)c1C. The van der Waals surface area contributed by atoms with E-state index in [2.05, 4.69) is 0 Å². The van der Waals surface area contributed by atoms with Crippen molar-refractivity contribution in [1.82, 2.24) is 4.90 Å². The molecule has 0 aromatic carbocycles. The maximum Gasteiger partial charge on any atom is 0.255 e. The number of amides is 1. The van der Waals surface area contributed by atoms with E-state index >= 15 is 0 Å². The van der Waals surface area contributed by atoms with Gasteiger partial charge < -0.3 is 4.90 Å². The lowest BCUT2D eigenvalue weighted by Gasteiger charge is -2.22. The molecule has 0 spiro atoms. The quantitative estimate of drug-likeness (QED) is 0.901. The number of carbonyl (C=O) groups is 1. The van der Waals surface area contributed by atoms with Crippen molar-refractivity contribution in [3.05, 3.63) is 16.5 Å². The average Bonchev–Trinajstić information content (AvgIpc) is 2.66. The second-order valence-corrected chi connectivity index (χ2v) is 7.48. The molecule has 0 fully saturated rings. The number of carbonyl (C=O) groups excluding carboxylic acids is 1. The summed E-state index contributed by atoms with van der Waals surface area (Å²) in [4.78, 5) is 14.1. The molecule has 19 heavy (non-hydrogen) atoms. The van der Waals surface area contributed by atoms with Gasteiger partial charge in [0.1, 0.15) is 4.21 Å². The first-order valence-electron chi connectivity index (χ1n) is 6.08. The van der Waals surface area contributed by atoms with Gasteiger partial charge in [0.05, 0.1) is 5.56 Å². The molecule has 0 saturated carbocycles. The lowest BCUT2D eigenvalue weighted by Crippen LogP contribution is -2.34. The van der Waals surface area contributed by atoms with Gasteiger partial charge in [-0.3, -0.25) is 4.79 Å². The Hall–Kier alpha value is -0.920. The van der Waals surface area contributed by atoms with Crippen LogP contribution in [0.2, 0.25) is 0 Å². The van der Waals surface area contributed by atoms with Crippen molar-refractivity contribution in [1.29, 1.82) is 0 Å². The van der Waals surface area contributed by atoms with Crippen molar-refractivity contribution >= 4 is 27.3 Å². The van der Waals surface area contributed by atoms with Crippen molar-refractivity contribution < 1.29 is 13.2 Å². The Morgan fingerprint density at radius 3 is 2.42 bits per heavy atom. The van der Waals surface area contributed by atoms with Crippen LogP contribution < -0.4 is 5.14 Å². The number of nitrogens with zero attached hydrogens (tertiary/aromatic N) is 1. The third kappa shape index (κ3) is 3.77. The highest BCUT2D eigenvalue weighted by atomic mass is 32.2. The lowest BCUT2D eigenvalue weighted by atomic mass is 10.1. The maximum absolute atomic E-state index is 12.4. The zero-order chi connectivity index (χ0) is 14.8. The van der Waals surface area contributed by atoms with Crippen LogP contribution in [0.4, 0.5) is 0 Å². The van der Waals surface area contributed by atoms with E-state index in [0.29, 0.717) is 30.1 Å². The molecule has 0 atom stereocenters. The van der Waals surface area contributed by atoms with Gasteiger partial charge >= 0.3 is 0 Å². The van der Waals surface area contributed by atoms with E-state index in [0.717, 1.165) is 11.3 Å². The highest BCUT2D eigenvalue weighted by molar-refractivity contribution is 7.91.